The van der Waals surface area contributed by atoms with Crippen LogP contribution in [0.5, 0.6) is 5.75 Å². The van der Waals surface area contributed by atoms with Crippen molar-refractivity contribution in [1.82, 2.24) is 4.98 Å². The van der Waals surface area contributed by atoms with E-state index in [1.807, 2.05) is 48.7 Å². The van der Waals surface area contributed by atoms with Crippen molar-refractivity contribution in [3.63, 3.8) is 0 Å². The number of aromatic nitrogens is 1. The van der Waals surface area contributed by atoms with Gasteiger partial charge < -0.3 is 9.72 Å². The van der Waals surface area contributed by atoms with Crippen molar-refractivity contribution in [2.24, 2.45) is 0 Å². The predicted octanol–water partition coefficient (Wildman–Crippen LogP) is 4.47. The van der Waals surface area contributed by atoms with E-state index in [-0.39, 0.29) is 0 Å². The Morgan fingerprint density at radius 3 is 2.71 bits per heavy atom. The Hall–Kier alpha value is -2.44. The third-order valence-corrected chi connectivity index (χ3v) is 3.71. The second-order valence-corrected chi connectivity index (χ2v) is 5.10. The number of halogens is 1. The molecule has 0 aliphatic rings. The van der Waals surface area contributed by atoms with Gasteiger partial charge in [0.2, 0.25) is 0 Å². The van der Waals surface area contributed by atoms with Crippen LogP contribution in [0.1, 0.15) is 11.1 Å². The Morgan fingerprint density at radius 2 is 1.95 bits per heavy atom. The fourth-order valence-electron chi connectivity index (χ4n) is 2.30. The van der Waals surface area contributed by atoms with Crippen molar-refractivity contribution in [3.05, 3.63) is 64.8 Å². The third-order valence-electron chi connectivity index (χ3n) is 3.34. The monoisotopic (exact) mass is 296 g/mol. The number of nitrogens with zero attached hydrogens (tertiary/aromatic N) is 1. The molecule has 1 heterocycles. The van der Waals surface area contributed by atoms with Gasteiger partial charge in [-0.3, -0.25) is 0 Å². The average Bonchev–Trinajstić information content (AvgIpc) is 2.92. The summed E-state index contributed by atoms with van der Waals surface area (Å²) in [5.41, 5.74) is 2.89. The van der Waals surface area contributed by atoms with E-state index in [0.717, 1.165) is 22.0 Å². The molecule has 3 aromatic rings. The van der Waals surface area contributed by atoms with Crippen molar-refractivity contribution in [2.75, 3.05) is 0 Å². The van der Waals surface area contributed by atoms with Crippen molar-refractivity contribution < 1.29 is 4.74 Å². The summed E-state index contributed by atoms with van der Waals surface area (Å²) in [5, 5.41) is 10.3. The van der Waals surface area contributed by atoms with E-state index in [9.17, 15) is 0 Å². The second-order valence-electron chi connectivity index (χ2n) is 4.72. The fraction of sp³-hybridized carbons (Fsp3) is 0.118. The van der Waals surface area contributed by atoms with E-state index in [1.54, 1.807) is 0 Å². The molecule has 0 bridgehead atoms. The zero-order valence-corrected chi connectivity index (χ0v) is 12.0. The quantitative estimate of drug-likeness (QED) is 0.772. The van der Waals surface area contributed by atoms with E-state index in [4.69, 9.17) is 21.6 Å². The van der Waals surface area contributed by atoms with Gasteiger partial charge in [-0.05, 0) is 23.3 Å². The number of nitrogens with one attached hydrogen (secondary N) is 1. The first-order chi connectivity index (χ1) is 10.3. The topological polar surface area (TPSA) is 48.8 Å². The van der Waals surface area contributed by atoms with E-state index in [1.165, 1.54) is 0 Å². The Morgan fingerprint density at radius 1 is 1.14 bits per heavy atom. The Balaban J connectivity index is 1.91. The SMILES string of the molecule is N#CCc1c[nH]c2ccc(OCc3ccccc3)c(Cl)c12. The minimum atomic E-state index is 0.321. The van der Waals surface area contributed by atoms with Crippen LogP contribution in [0.25, 0.3) is 10.9 Å². The predicted molar refractivity (Wildman–Crippen MR) is 83.4 cm³/mol. The number of rotatable bonds is 4. The highest BCUT2D eigenvalue weighted by Crippen LogP contribution is 2.35. The smallest absolute Gasteiger partial charge is 0.139 e. The maximum absolute atomic E-state index is 8.87. The van der Waals surface area contributed by atoms with Crippen molar-refractivity contribution >= 4 is 22.5 Å². The summed E-state index contributed by atoms with van der Waals surface area (Å²) >= 11 is 6.44. The highest BCUT2D eigenvalue weighted by molar-refractivity contribution is 6.37. The zero-order chi connectivity index (χ0) is 14.7. The summed E-state index contributed by atoms with van der Waals surface area (Å²) in [4.78, 5) is 3.12. The summed E-state index contributed by atoms with van der Waals surface area (Å²) in [7, 11) is 0. The molecule has 0 aliphatic heterocycles. The van der Waals surface area contributed by atoms with Gasteiger partial charge >= 0.3 is 0 Å². The lowest BCUT2D eigenvalue weighted by Gasteiger charge is -2.09. The summed E-state index contributed by atoms with van der Waals surface area (Å²) in [5.74, 6) is 0.631. The van der Waals surface area contributed by atoms with E-state index >= 15 is 0 Å². The van der Waals surface area contributed by atoms with Gasteiger partial charge in [0.1, 0.15) is 12.4 Å². The Kier molecular flexibility index (Phi) is 3.81. The molecular formula is C17H13ClN2O. The molecule has 0 atom stereocenters. The number of benzene rings is 2. The minimum Gasteiger partial charge on any atom is -0.487 e. The molecule has 104 valence electrons. The molecule has 0 saturated carbocycles. The number of hydrogen-bond acceptors (Lipinski definition) is 2. The van der Waals surface area contributed by atoms with Crippen LogP contribution in [0.15, 0.2) is 48.7 Å². The maximum Gasteiger partial charge on any atom is 0.139 e. The van der Waals surface area contributed by atoms with Crippen LogP contribution in [-0.4, -0.2) is 4.98 Å². The molecule has 2 aromatic carbocycles. The van der Waals surface area contributed by atoms with Crippen LogP contribution in [-0.2, 0) is 13.0 Å². The number of hydrogen-bond donors (Lipinski definition) is 1. The van der Waals surface area contributed by atoms with Gasteiger partial charge in [-0.15, -0.1) is 0 Å². The van der Waals surface area contributed by atoms with Gasteiger partial charge in [0.05, 0.1) is 17.5 Å². The van der Waals surface area contributed by atoms with Crippen molar-refractivity contribution in [2.45, 2.75) is 13.0 Å². The van der Waals surface area contributed by atoms with Gasteiger partial charge in [0.15, 0.2) is 0 Å². The third kappa shape index (κ3) is 2.72. The first kappa shape index (κ1) is 13.5. The average molecular weight is 297 g/mol. The lowest BCUT2D eigenvalue weighted by molar-refractivity contribution is 0.307. The lowest BCUT2D eigenvalue weighted by Crippen LogP contribution is -1.96. The number of aromatic amines is 1. The summed E-state index contributed by atoms with van der Waals surface area (Å²) < 4.78 is 5.80. The molecule has 0 amide bonds. The Labute approximate surface area is 127 Å². The van der Waals surface area contributed by atoms with Crippen LogP contribution >= 0.6 is 11.6 Å². The number of fused-ring (bicyclic) bond motifs is 1. The van der Waals surface area contributed by atoms with Crippen LogP contribution < -0.4 is 4.74 Å². The highest BCUT2D eigenvalue weighted by atomic mass is 35.5. The number of H-pyrrole nitrogens is 1. The molecule has 0 radical (unpaired) electrons. The molecule has 0 unspecified atom stereocenters. The number of ether oxygens (including phenoxy) is 1. The molecule has 1 aromatic heterocycles. The molecule has 1 N–H and O–H groups in total. The lowest BCUT2D eigenvalue weighted by atomic mass is 10.1. The molecule has 0 saturated heterocycles. The summed E-state index contributed by atoms with van der Waals surface area (Å²) in [6.07, 6.45) is 2.14. The molecule has 21 heavy (non-hydrogen) atoms. The largest absolute Gasteiger partial charge is 0.487 e. The minimum absolute atomic E-state index is 0.321. The molecule has 0 fully saturated rings. The normalized spacial score (nSPS) is 10.5. The van der Waals surface area contributed by atoms with Gasteiger partial charge in [0, 0.05) is 17.1 Å². The molecule has 0 aliphatic carbocycles. The summed E-state index contributed by atoms with van der Waals surface area (Å²) in [6.45, 7) is 0.462. The van der Waals surface area contributed by atoms with Gasteiger partial charge in [-0.25, -0.2) is 0 Å². The van der Waals surface area contributed by atoms with Crippen LogP contribution in [0, 0.1) is 11.3 Å². The second kappa shape index (κ2) is 5.90. The van der Waals surface area contributed by atoms with Gasteiger partial charge in [0.25, 0.3) is 0 Å². The maximum atomic E-state index is 8.87. The number of nitriles is 1. The fourth-order valence-corrected chi connectivity index (χ4v) is 2.64. The van der Waals surface area contributed by atoms with Gasteiger partial charge in [-0.1, -0.05) is 41.9 Å². The standard InChI is InChI=1S/C17H13ClN2O/c18-17-15(21-11-12-4-2-1-3-5-12)7-6-14-16(17)13(8-9-19)10-20-14/h1-7,10,20H,8,11H2. The molecular weight excluding hydrogens is 284 g/mol. The molecule has 0 spiro atoms. The van der Waals surface area contributed by atoms with Crippen LogP contribution in [0.2, 0.25) is 5.02 Å². The van der Waals surface area contributed by atoms with E-state index in [0.29, 0.717) is 23.8 Å². The van der Waals surface area contributed by atoms with Crippen LogP contribution in [0.4, 0.5) is 0 Å². The van der Waals surface area contributed by atoms with Crippen molar-refractivity contribution in [3.8, 4) is 11.8 Å². The first-order valence-corrected chi connectivity index (χ1v) is 6.99. The molecule has 3 rings (SSSR count). The van der Waals surface area contributed by atoms with Gasteiger partial charge in [-0.2, -0.15) is 5.26 Å². The van der Waals surface area contributed by atoms with Crippen LogP contribution in [0.3, 0.4) is 0 Å². The van der Waals surface area contributed by atoms with E-state index in [2.05, 4.69) is 11.1 Å². The summed E-state index contributed by atoms with van der Waals surface area (Å²) in [6, 6.07) is 15.8. The molecule has 3 nitrogen and oxygen atoms in total. The highest BCUT2D eigenvalue weighted by Gasteiger charge is 2.12. The molecule has 4 heteroatoms. The Bertz CT molecular complexity index is 803. The first-order valence-electron chi connectivity index (χ1n) is 6.61. The van der Waals surface area contributed by atoms with E-state index < -0.39 is 0 Å². The zero-order valence-electron chi connectivity index (χ0n) is 11.3. The van der Waals surface area contributed by atoms with Crippen molar-refractivity contribution in [1.29, 1.82) is 5.26 Å².